The van der Waals surface area contributed by atoms with E-state index >= 15 is 0 Å². The summed E-state index contributed by atoms with van der Waals surface area (Å²) in [5.41, 5.74) is 3.44. The second kappa shape index (κ2) is 13.5. The molecule has 0 aliphatic rings. The highest BCUT2D eigenvalue weighted by Gasteiger charge is 2.10. The first-order valence-corrected chi connectivity index (χ1v) is 8.76. The van der Waals surface area contributed by atoms with E-state index in [9.17, 15) is 5.11 Å². The van der Waals surface area contributed by atoms with Gasteiger partial charge in [0.1, 0.15) is 18.5 Å². The molecular formula is C21H32BNO2. The number of likely N-dealkylation sites (N-methyl/N-ethyl adjacent to an activating group) is 1. The van der Waals surface area contributed by atoms with Crippen molar-refractivity contribution in [1.82, 2.24) is 4.90 Å². The zero-order valence-corrected chi connectivity index (χ0v) is 16.5. The summed E-state index contributed by atoms with van der Waals surface area (Å²) < 4.78 is 5.78. The van der Waals surface area contributed by atoms with E-state index in [1.807, 2.05) is 63.2 Å². The summed E-state index contributed by atoms with van der Waals surface area (Å²) in [6.07, 6.45) is -0.486. The van der Waals surface area contributed by atoms with Crippen LogP contribution in [0.15, 0.2) is 48.5 Å². The number of aliphatic hydroxyl groups is 1. The SMILES string of the molecule is CC.Cc1c(OC[C@H](O)CN(C)C)cccc1-c1ccccc1.[B]C. The van der Waals surface area contributed by atoms with Crippen LogP contribution in [-0.4, -0.2) is 51.2 Å². The molecule has 1 atom stereocenters. The van der Waals surface area contributed by atoms with E-state index in [2.05, 4.69) is 33.0 Å². The normalized spacial score (nSPS) is 10.9. The van der Waals surface area contributed by atoms with Gasteiger partial charge in [0.25, 0.3) is 0 Å². The second-order valence-corrected chi connectivity index (χ2v) is 5.52. The molecule has 4 heteroatoms. The van der Waals surface area contributed by atoms with Crippen molar-refractivity contribution in [3.8, 4) is 16.9 Å². The van der Waals surface area contributed by atoms with Gasteiger partial charge in [0.15, 0.2) is 0 Å². The van der Waals surface area contributed by atoms with Crippen molar-refractivity contribution in [3.63, 3.8) is 0 Å². The molecule has 0 saturated carbocycles. The van der Waals surface area contributed by atoms with Crippen molar-refractivity contribution < 1.29 is 9.84 Å². The summed E-state index contributed by atoms with van der Waals surface area (Å²) in [7, 11) is 8.37. The molecule has 1 N–H and O–H groups in total. The van der Waals surface area contributed by atoms with E-state index in [1.54, 1.807) is 0 Å². The van der Waals surface area contributed by atoms with Crippen molar-refractivity contribution in [3.05, 3.63) is 54.1 Å². The molecule has 2 aromatic carbocycles. The molecule has 0 aromatic heterocycles. The van der Waals surface area contributed by atoms with Gasteiger partial charge >= 0.3 is 0 Å². The van der Waals surface area contributed by atoms with Crippen LogP contribution in [0.4, 0.5) is 0 Å². The van der Waals surface area contributed by atoms with Gasteiger partial charge in [-0.25, -0.2) is 0 Å². The fourth-order valence-corrected chi connectivity index (χ4v) is 2.36. The Labute approximate surface area is 155 Å². The molecule has 2 aromatic rings. The average molecular weight is 341 g/mol. The molecule has 0 saturated heterocycles. The van der Waals surface area contributed by atoms with Gasteiger partial charge in [0, 0.05) is 6.54 Å². The van der Waals surface area contributed by atoms with E-state index in [4.69, 9.17) is 4.74 Å². The Morgan fingerprint density at radius 2 is 1.60 bits per heavy atom. The summed E-state index contributed by atoms with van der Waals surface area (Å²) >= 11 is 0. The first-order chi connectivity index (χ1) is 12.1. The minimum absolute atomic E-state index is 0.303. The Morgan fingerprint density at radius 1 is 1.00 bits per heavy atom. The first kappa shape index (κ1) is 23.2. The highest BCUT2D eigenvalue weighted by Crippen LogP contribution is 2.29. The Hall–Kier alpha value is -1.78. The van der Waals surface area contributed by atoms with Crippen LogP contribution < -0.4 is 4.74 Å². The molecule has 25 heavy (non-hydrogen) atoms. The molecule has 0 heterocycles. The molecule has 0 aliphatic heterocycles. The Morgan fingerprint density at radius 3 is 2.16 bits per heavy atom. The third kappa shape index (κ3) is 8.24. The average Bonchev–Trinajstić information content (AvgIpc) is 2.64. The van der Waals surface area contributed by atoms with Crippen LogP contribution in [0, 0.1) is 6.92 Å². The lowest BCUT2D eigenvalue weighted by Gasteiger charge is -2.18. The van der Waals surface area contributed by atoms with Gasteiger partial charge in [-0.15, -0.1) is 0 Å². The summed E-state index contributed by atoms with van der Waals surface area (Å²) in [6.45, 7) is 8.45. The third-order valence-corrected chi connectivity index (χ3v) is 3.38. The topological polar surface area (TPSA) is 32.7 Å². The van der Waals surface area contributed by atoms with Crippen molar-refractivity contribution in [2.45, 2.75) is 33.7 Å². The van der Waals surface area contributed by atoms with Gasteiger partial charge in [0.2, 0.25) is 0 Å². The molecule has 0 bridgehead atoms. The van der Waals surface area contributed by atoms with Crippen LogP contribution in [0.3, 0.4) is 0 Å². The van der Waals surface area contributed by atoms with Gasteiger partial charge in [-0.1, -0.05) is 63.1 Å². The minimum Gasteiger partial charge on any atom is -0.491 e. The van der Waals surface area contributed by atoms with Gasteiger partial charge in [-0.05, 0) is 43.8 Å². The lowest BCUT2D eigenvalue weighted by molar-refractivity contribution is 0.0828. The highest BCUT2D eigenvalue weighted by molar-refractivity contribution is 6.05. The number of hydrogen-bond acceptors (Lipinski definition) is 3. The maximum absolute atomic E-state index is 9.89. The van der Waals surface area contributed by atoms with Crippen molar-refractivity contribution in [1.29, 1.82) is 0 Å². The van der Waals surface area contributed by atoms with E-state index in [1.165, 1.54) is 12.4 Å². The lowest BCUT2D eigenvalue weighted by atomic mass is 10.00. The summed E-state index contributed by atoms with van der Waals surface area (Å²) in [6, 6.07) is 16.3. The number of rotatable bonds is 6. The van der Waals surface area contributed by atoms with E-state index in [0.29, 0.717) is 13.2 Å². The van der Waals surface area contributed by atoms with Crippen LogP contribution in [0.25, 0.3) is 11.1 Å². The molecule has 136 valence electrons. The monoisotopic (exact) mass is 341 g/mol. The third-order valence-electron chi connectivity index (χ3n) is 3.38. The Bertz CT molecular complexity index is 573. The zero-order valence-electron chi connectivity index (χ0n) is 16.5. The van der Waals surface area contributed by atoms with Gasteiger partial charge < -0.3 is 14.7 Å². The molecule has 2 radical (unpaired) electrons. The number of ether oxygens (including phenoxy) is 1. The fraction of sp³-hybridized carbons (Fsp3) is 0.429. The van der Waals surface area contributed by atoms with Gasteiger partial charge in [0.05, 0.1) is 7.85 Å². The van der Waals surface area contributed by atoms with Gasteiger partial charge in [-0.3, -0.25) is 0 Å². The smallest absolute Gasteiger partial charge is 0.122 e. The molecule has 2 rings (SSSR count). The van der Waals surface area contributed by atoms with Crippen LogP contribution in [-0.2, 0) is 0 Å². The highest BCUT2D eigenvalue weighted by atomic mass is 16.5. The largest absolute Gasteiger partial charge is 0.491 e. The van der Waals surface area contributed by atoms with E-state index in [0.717, 1.165) is 16.9 Å². The molecular weight excluding hydrogens is 309 g/mol. The van der Waals surface area contributed by atoms with Crippen LogP contribution in [0.5, 0.6) is 5.75 Å². The first-order valence-electron chi connectivity index (χ1n) is 8.76. The molecule has 3 nitrogen and oxygen atoms in total. The van der Waals surface area contributed by atoms with Crippen molar-refractivity contribution >= 4 is 7.85 Å². The second-order valence-electron chi connectivity index (χ2n) is 5.52. The standard InChI is InChI=1S/C18H23NO2.C2H6.CH3B/c1-14-17(15-8-5-4-6-9-15)10-7-11-18(14)21-13-16(20)12-19(2)3;2*1-2/h4-11,16,20H,12-13H2,1-3H3;1-2H3;1H3/t16-;;/m1../s1. The Kier molecular flexibility index (Phi) is 12.5. The predicted molar refractivity (Wildman–Crippen MR) is 110 cm³/mol. The minimum atomic E-state index is -0.486. The zero-order chi connectivity index (χ0) is 19.2. The maximum Gasteiger partial charge on any atom is 0.122 e. The van der Waals surface area contributed by atoms with Crippen LogP contribution in [0.2, 0.25) is 6.82 Å². The number of nitrogens with zero attached hydrogens (tertiary/aromatic N) is 1. The van der Waals surface area contributed by atoms with E-state index < -0.39 is 6.10 Å². The molecule has 0 unspecified atom stereocenters. The van der Waals surface area contributed by atoms with Crippen molar-refractivity contribution in [2.75, 3.05) is 27.2 Å². The summed E-state index contributed by atoms with van der Waals surface area (Å²) in [5.74, 6) is 0.828. The maximum atomic E-state index is 9.89. The molecule has 0 aliphatic carbocycles. The number of benzene rings is 2. The van der Waals surface area contributed by atoms with E-state index in [-0.39, 0.29) is 0 Å². The molecule has 0 spiro atoms. The molecule has 0 fully saturated rings. The quantitative estimate of drug-likeness (QED) is 0.800. The molecule has 0 amide bonds. The van der Waals surface area contributed by atoms with Gasteiger partial charge in [-0.2, -0.15) is 0 Å². The summed E-state index contributed by atoms with van der Waals surface area (Å²) in [5, 5.41) is 9.89. The number of aliphatic hydroxyl groups excluding tert-OH is 1. The lowest BCUT2D eigenvalue weighted by Crippen LogP contribution is -2.30. The Balaban J connectivity index is 0.00000134. The van der Waals surface area contributed by atoms with Crippen molar-refractivity contribution in [2.24, 2.45) is 0 Å². The van der Waals surface area contributed by atoms with Crippen LogP contribution in [0.1, 0.15) is 19.4 Å². The van der Waals surface area contributed by atoms with Crippen LogP contribution >= 0.6 is 0 Å². The summed E-state index contributed by atoms with van der Waals surface area (Å²) in [4.78, 5) is 1.95. The predicted octanol–water partition coefficient (Wildman–Crippen LogP) is 4.19. The number of hydrogen-bond donors (Lipinski definition) is 1. The fourth-order valence-electron chi connectivity index (χ4n) is 2.36.